The monoisotopic (exact) mass is 556 g/mol. The molecule has 0 bridgehead atoms. The summed E-state index contributed by atoms with van der Waals surface area (Å²) in [5.74, 6) is -0.616. The van der Waals surface area contributed by atoms with Gasteiger partial charge in [0, 0.05) is 22.1 Å². The van der Waals surface area contributed by atoms with E-state index in [9.17, 15) is 14.7 Å². The molecule has 1 heterocycles. The van der Waals surface area contributed by atoms with E-state index < -0.39 is 5.97 Å². The Labute approximate surface area is 214 Å². The fourth-order valence-electron chi connectivity index (χ4n) is 3.12. The van der Waals surface area contributed by atoms with Gasteiger partial charge < -0.3 is 9.84 Å². The van der Waals surface area contributed by atoms with E-state index in [0.29, 0.717) is 33.1 Å². The molecular formula is C25H18BrClN2O4S. The predicted octanol–water partition coefficient (Wildman–Crippen LogP) is 6.61. The van der Waals surface area contributed by atoms with Crippen LogP contribution in [0, 0.1) is 0 Å². The van der Waals surface area contributed by atoms with Gasteiger partial charge in [-0.2, -0.15) is 0 Å². The number of rotatable bonds is 6. The summed E-state index contributed by atoms with van der Waals surface area (Å²) in [6.45, 7) is 0.350. The molecule has 172 valence electrons. The van der Waals surface area contributed by atoms with E-state index in [4.69, 9.17) is 16.3 Å². The van der Waals surface area contributed by atoms with Gasteiger partial charge in [0.05, 0.1) is 16.2 Å². The summed E-state index contributed by atoms with van der Waals surface area (Å²) in [5.41, 5.74) is 2.29. The van der Waals surface area contributed by atoms with Crippen molar-refractivity contribution in [1.29, 1.82) is 0 Å². The number of thioether (sulfide) groups is 1. The highest BCUT2D eigenvalue weighted by Crippen LogP contribution is 2.35. The Kier molecular flexibility index (Phi) is 7.41. The lowest BCUT2D eigenvalue weighted by atomic mass is 10.1. The molecule has 6 nitrogen and oxygen atoms in total. The van der Waals surface area contributed by atoms with Gasteiger partial charge in [0.15, 0.2) is 5.17 Å². The molecule has 0 saturated carbocycles. The van der Waals surface area contributed by atoms with Gasteiger partial charge in [-0.25, -0.2) is 9.79 Å². The molecule has 3 aromatic carbocycles. The zero-order chi connectivity index (χ0) is 24.2. The van der Waals surface area contributed by atoms with Crippen molar-refractivity contribution < 1.29 is 19.4 Å². The number of aliphatic imine (C=N–C) groups is 1. The molecule has 1 aliphatic heterocycles. The maximum Gasteiger partial charge on any atom is 0.335 e. The first-order valence-corrected chi connectivity index (χ1v) is 12.1. The summed E-state index contributed by atoms with van der Waals surface area (Å²) in [4.78, 5) is 30.5. The summed E-state index contributed by atoms with van der Waals surface area (Å²) >= 11 is 10.6. The third-order valence-electron chi connectivity index (χ3n) is 4.89. The summed E-state index contributed by atoms with van der Waals surface area (Å²) in [7, 11) is 1.63. The summed E-state index contributed by atoms with van der Waals surface area (Å²) in [5, 5.41) is 10.3. The third-order valence-corrected chi connectivity index (χ3v) is 6.69. The molecule has 3 aromatic rings. The number of hydrogen-bond acceptors (Lipinski definition) is 5. The number of aromatic carboxylic acids is 1. The van der Waals surface area contributed by atoms with Gasteiger partial charge in [0.25, 0.3) is 5.91 Å². The second kappa shape index (κ2) is 10.5. The third kappa shape index (κ3) is 5.70. The first-order chi connectivity index (χ1) is 16.3. The maximum absolute atomic E-state index is 12.9. The standard InChI is InChI=1S/C25H18BrClN2O4S/c1-29-23(30)22(34-25(29)28-20-4-2-3-16(12-20)24(31)32)13-17-11-18(26)7-10-21(17)33-14-15-5-8-19(27)9-6-15/h2-13H,14H2,1H3,(H,31,32)/b22-13-,28-25?. The normalized spacial score (nSPS) is 15.9. The molecular weight excluding hydrogens is 540 g/mol. The predicted molar refractivity (Wildman–Crippen MR) is 139 cm³/mol. The number of amidine groups is 1. The minimum Gasteiger partial charge on any atom is -0.488 e. The molecule has 0 unspecified atom stereocenters. The largest absolute Gasteiger partial charge is 0.488 e. The van der Waals surface area contributed by atoms with Crippen molar-refractivity contribution in [2.24, 2.45) is 4.99 Å². The molecule has 0 spiro atoms. The molecule has 0 aromatic heterocycles. The molecule has 1 N–H and O–H groups in total. The Bertz CT molecular complexity index is 1320. The molecule has 9 heteroatoms. The number of halogens is 2. The van der Waals surface area contributed by atoms with Gasteiger partial charge in [0.2, 0.25) is 0 Å². The highest BCUT2D eigenvalue weighted by molar-refractivity contribution is 9.10. The average Bonchev–Trinajstić information content (AvgIpc) is 3.07. The van der Waals surface area contributed by atoms with Crippen molar-refractivity contribution in [3.63, 3.8) is 0 Å². The van der Waals surface area contributed by atoms with Crippen molar-refractivity contribution in [3.8, 4) is 5.75 Å². The second-order valence-corrected chi connectivity index (χ2v) is 9.68. The van der Waals surface area contributed by atoms with Gasteiger partial charge in [-0.05, 0) is 71.9 Å². The Morgan fingerprint density at radius 1 is 1.18 bits per heavy atom. The number of hydrogen-bond donors (Lipinski definition) is 1. The number of carbonyl (C=O) groups excluding carboxylic acids is 1. The lowest BCUT2D eigenvalue weighted by Gasteiger charge is -2.10. The minimum absolute atomic E-state index is 0.131. The van der Waals surface area contributed by atoms with Gasteiger partial charge in [-0.1, -0.05) is 45.7 Å². The molecule has 1 aliphatic rings. The van der Waals surface area contributed by atoms with E-state index in [1.165, 1.54) is 28.8 Å². The smallest absolute Gasteiger partial charge is 0.335 e. The van der Waals surface area contributed by atoms with Crippen LogP contribution in [0.5, 0.6) is 5.75 Å². The average molecular weight is 558 g/mol. The van der Waals surface area contributed by atoms with Crippen LogP contribution in [-0.2, 0) is 11.4 Å². The van der Waals surface area contributed by atoms with Gasteiger partial charge in [-0.3, -0.25) is 9.69 Å². The number of carboxylic acid groups (broad SMARTS) is 1. The van der Waals surface area contributed by atoms with E-state index in [0.717, 1.165) is 15.6 Å². The van der Waals surface area contributed by atoms with E-state index in [-0.39, 0.29) is 11.5 Å². The molecule has 0 aliphatic carbocycles. The van der Waals surface area contributed by atoms with Crippen LogP contribution in [0.15, 0.2) is 81.1 Å². The summed E-state index contributed by atoms with van der Waals surface area (Å²) in [6.07, 6.45) is 1.77. The van der Waals surface area contributed by atoms with Gasteiger partial charge in [0.1, 0.15) is 12.4 Å². The van der Waals surface area contributed by atoms with E-state index in [2.05, 4.69) is 20.9 Å². The van der Waals surface area contributed by atoms with Crippen molar-refractivity contribution in [3.05, 3.63) is 97.8 Å². The van der Waals surface area contributed by atoms with Crippen LogP contribution < -0.4 is 4.74 Å². The fourth-order valence-corrected chi connectivity index (χ4v) is 4.60. The number of carboxylic acids is 1. The minimum atomic E-state index is -1.04. The molecule has 1 fully saturated rings. The van der Waals surface area contributed by atoms with Crippen molar-refractivity contribution in [2.75, 3.05) is 7.05 Å². The number of amides is 1. The number of nitrogens with zero attached hydrogens (tertiary/aromatic N) is 2. The van der Waals surface area contributed by atoms with Crippen molar-refractivity contribution in [1.82, 2.24) is 4.90 Å². The maximum atomic E-state index is 12.9. The van der Waals surface area contributed by atoms with Gasteiger partial charge >= 0.3 is 5.97 Å². The zero-order valence-electron chi connectivity index (χ0n) is 17.9. The van der Waals surface area contributed by atoms with Crippen LogP contribution in [0.2, 0.25) is 5.02 Å². The van der Waals surface area contributed by atoms with Crippen LogP contribution in [-0.4, -0.2) is 34.1 Å². The molecule has 0 radical (unpaired) electrons. The van der Waals surface area contributed by atoms with E-state index in [1.807, 2.05) is 30.3 Å². The first-order valence-electron chi connectivity index (χ1n) is 10.1. The number of ether oxygens (including phenoxy) is 1. The lowest BCUT2D eigenvalue weighted by molar-refractivity contribution is -0.121. The molecule has 1 amide bonds. The topological polar surface area (TPSA) is 79.2 Å². The Morgan fingerprint density at radius 2 is 1.94 bits per heavy atom. The Morgan fingerprint density at radius 3 is 2.68 bits per heavy atom. The summed E-state index contributed by atoms with van der Waals surface area (Å²) < 4.78 is 6.87. The van der Waals surface area contributed by atoms with E-state index >= 15 is 0 Å². The van der Waals surface area contributed by atoms with Gasteiger partial charge in [-0.15, -0.1) is 0 Å². The lowest BCUT2D eigenvalue weighted by Crippen LogP contribution is -2.23. The van der Waals surface area contributed by atoms with Crippen LogP contribution >= 0.6 is 39.3 Å². The number of carbonyl (C=O) groups is 2. The highest BCUT2D eigenvalue weighted by Gasteiger charge is 2.30. The van der Waals surface area contributed by atoms with Crippen molar-refractivity contribution >= 4 is 68.1 Å². The van der Waals surface area contributed by atoms with Crippen LogP contribution in [0.3, 0.4) is 0 Å². The molecule has 34 heavy (non-hydrogen) atoms. The van der Waals surface area contributed by atoms with Crippen LogP contribution in [0.25, 0.3) is 6.08 Å². The summed E-state index contributed by atoms with van der Waals surface area (Å²) in [6, 6.07) is 19.3. The fraction of sp³-hybridized carbons (Fsp3) is 0.0800. The highest BCUT2D eigenvalue weighted by atomic mass is 79.9. The van der Waals surface area contributed by atoms with Crippen molar-refractivity contribution in [2.45, 2.75) is 6.61 Å². The number of likely N-dealkylation sites (N-methyl/N-ethyl adjacent to an activating group) is 1. The van der Waals surface area contributed by atoms with Crippen LogP contribution in [0.4, 0.5) is 5.69 Å². The second-order valence-electron chi connectivity index (χ2n) is 7.32. The zero-order valence-corrected chi connectivity index (χ0v) is 21.0. The van der Waals surface area contributed by atoms with E-state index in [1.54, 1.807) is 37.4 Å². The SMILES string of the molecule is CN1C(=O)/C(=C/c2cc(Br)ccc2OCc2ccc(Cl)cc2)SC1=Nc1cccc(C(=O)O)c1. The quantitative estimate of drug-likeness (QED) is 0.345. The molecule has 0 atom stereocenters. The molecule has 4 rings (SSSR count). The Hall–Kier alpha value is -3.07. The van der Waals surface area contributed by atoms with Crippen LogP contribution in [0.1, 0.15) is 21.5 Å². The molecule has 1 saturated heterocycles. The Balaban J connectivity index is 1.59. The number of benzene rings is 3. The first kappa shape index (κ1) is 24.1.